The molecule has 4 rings (SSSR count). The monoisotopic (exact) mass is 269 g/mol. The third kappa shape index (κ3) is 1.91. The molecule has 0 amide bonds. The van der Waals surface area contributed by atoms with Crippen LogP contribution >= 0.6 is 0 Å². The van der Waals surface area contributed by atoms with Crippen LogP contribution in [0.4, 0.5) is 5.82 Å². The van der Waals surface area contributed by atoms with Gasteiger partial charge in [-0.2, -0.15) is 0 Å². The number of benzene rings is 1. The SMILES string of the molecule is c1ccc2c(c1)oc1c(NC[C@@H]3CCCO3)ncnc12. The second-order valence-corrected chi connectivity index (χ2v) is 5.01. The minimum atomic E-state index is 0.268. The van der Waals surface area contributed by atoms with Gasteiger partial charge in [0.1, 0.15) is 17.4 Å². The smallest absolute Gasteiger partial charge is 0.196 e. The summed E-state index contributed by atoms with van der Waals surface area (Å²) in [5, 5.41) is 4.34. The highest BCUT2D eigenvalue weighted by molar-refractivity contribution is 6.05. The summed E-state index contributed by atoms with van der Waals surface area (Å²) >= 11 is 0. The summed E-state index contributed by atoms with van der Waals surface area (Å²) in [6, 6.07) is 7.90. The fourth-order valence-electron chi connectivity index (χ4n) is 2.67. The van der Waals surface area contributed by atoms with Crippen LogP contribution in [0.5, 0.6) is 0 Å². The van der Waals surface area contributed by atoms with Crippen molar-refractivity contribution in [3.05, 3.63) is 30.6 Å². The molecule has 5 nitrogen and oxygen atoms in total. The van der Waals surface area contributed by atoms with Crippen molar-refractivity contribution in [3.63, 3.8) is 0 Å². The standard InChI is InChI=1S/C15H15N3O2/c1-2-6-12-11(5-1)13-14(20-12)15(18-9-17-13)16-8-10-4-3-7-19-10/h1-2,5-6,9-10H,3-4,7-8H2,(H,16,17,18)/t10-/m0/s1. The Balaban J connectivity index is 1.71. The second kappa shape index (κ2) is 4.76. The molecular weight excluding hydrogens is 254 g/mol. The highest BCUT2D eigenvalue weighted by atomic mass is 16.5. The van der Waals surface area contributed by atoms with E-state index < -0.39 is 0 Å². The maximum atomic E-state index is 5.87. The van der Waals surface area contributed by atoms with Gasteiger partial charge in [-0.1, -0.05) is 12.1 Å². The van der Waals surface area contributed by atoms with Crippen LogP contribution in [0, 0.1) is 0 Å². The van der Waals surface area contributed by atoms with E-state index in [0.29, 0.717) is 5.58 Å². The molecule has 1 aliphatic heterocycles. The van der Waals surface area contributed by atoms with E-state index in [1.54, 1.807) is 6.33 Å². The van der Waals surface area contributed by atoms with Gasteiger partial charge < -0.3 is 14.5 Å². The van der Waals surface area contributed by atoms with Crippen molar-refractivity contribution in [3.8, 4) is 0 Å². The van der Waals surface area contributed by atoms with Crippen molar-refractivity contribution >= 4 is 27.9 Å². The van der Waals surface area contributed by atoms with Crippen molar-refractivity contribution in [2.45, 2.75) is 18.9 Å². The van der Waals surface area contributed by atoms with Gasteiger partial charge in [-0.05, 0) is 25.0 Å². The summed E-state index contributed by atoms with van der Waals surface area (Å²) in [5.41, 5.74) is 2.40. The van der Waals surface area contributed by atoms with E-state index in [1.807, 2.05) is 24.3 Å². The molecule has 1 atom stereocenters. The number of ether oxygens (including phenoxy) is 1. The number of furan rings is 1. The van der Waals surface area contributed by atoms with Crippen LogP contribution in [-0.2, 0) is 4.74 Å². The zero-order chi connectivity index (χ0) is 13.4. The molecule has 5 heteroatoms. The van der Waals surface area contributed by atoms with Crippen LogP contribution in [0.2, 0.25) is 0 Å². The number of hydrogen-bond acceptors (Lipinski definition) is 5. The summed E-state index contributed by atoms with van der Waals surface area (Å²) in [4.78, 5) is 8.63. The zero-order valence-electron chi connectivity index (χ0n) is 11.0. The quantitative estimate of drug-likeness (QED) is 0.792. The van der Waals surface area contributed by atoms with Crippen LogP contribution in [0.25, 0.3) is 22.1 Å². The minimum Gasteiger partial charge on any atom is -0.450 e. The van der Waals surface area contributed by atoms with E-state index in [1.165, 1.54) is 0 Å². The van der Waals surface area contributed by atoms with Gasteiger partial charge in [0.2, 0.25) is 0 Å². The zero-order valence-corrected chi connectivity index (χ0v) is 11.0. The predicted molar refractivity (Wildman–Crippen MR) is 76.8 cm³/mol. The molecule has 0 saturated carbocycles. The Hall–Kier alpha value is -2.14. The Morgan fingerprint density at radius 3 is 3.10 bits per heavy atom. The van der Waals surface area contributed by atoms with Crippen LogP contribution in [0.15, 0.2) is 35.0 Å². The Bertz CT molecular complexity index is 747. The Kier molecular flexibility index (Phi) is 2.77. The summed E-state index contributed by atoms with van der Waals surface area (Å²) < 4.78 is 11.5. The number of anilines is 1. The van der Waals surface area contributed by atoms with E-state index in [0.717, 1.165) is 48.3 Å². The fraction of sp³-hybridized carbons (Fsp3) is 0.333. The van der Waals surface area contributed by atoms with E-state index in [4.69, 9.17) is 9.15 Å². The largest absolute Gasteiger partial charge is 0.450 e. The molecule has 0 bridgehead atoms. The third-order valence-corrected chi connectivity index (χ3v) is 3.68. The molecule has 3 aromatic rings. The Morgan fingerprint density at radius 1 is 1.25 bits per heavy atom. The van der Waals surface area contributed by atoms with Crippen molar-refractivity contribution in [2.75, 3.05) is 18.5 Å². The van der Waals surface area contributed by atoms with Gasteiger partial charge in [0, 0.05) is 18.5 Å². The lowest BCUT2D eigenvalue weighted by molar-refractivity contribution is 0.120. The fourth-order valence-corrected chi connectivity index (χ4v) is 2.67. The van der Waals surface area contributed by atoms with Crippen molar-refractivity contribution < 1.29 is 9.15 Å². The van der Waals surface area contributed by atoms with Gasteiger partial charge in [-0.25, -0.2) is 9.97 Å². The number of aromatic nitrogens is 2. The highest BCUT2D eigenvalue weighted by Gasteiger charge is 2.17. The first-order valence-corrected chi connectivity index (χ1v) is 6.89. The van der Waals surface area contributed by atoms with Gasteiger partial charge in [0.05, 0.1) is 6.10 Å². The molecule has 1 aliphatic rings. The van der Waals surface area contributed by atoms with Gasteiger partial charge in [0.15, 0.2) is 11.4 Å². The number of fused-ring (bicyclic) bond motifs is 3. The maximum absolute atomic E-state index is 5.87. The van der Waals surface area contributed by atoms with Gasteiger partial charge in [0.25, 0.3) is 0 Å². The number of hydrogen-bond donors (Lipinski definition) is 1. The summed E-state index contributed by atoms with van der Waals surface area (Å²) in [7, 11) is 0. The molecule has 0 aliphatic carbocycles. The molecule has 0 spiro atoms. The van der Waals surface area contributed by atoms with E-state index in [2.05, 4.69) is 15.3 Å². The number of nitrogens with zero attached hydrogens (tertiary/aromatic N) is 2. The Morgan fingerprint density at radius 2 is 2.20 bits per heavy atom. The molecular formula is C15H15N3O2. The Labute approximate surface area is 116 Å². The first kappa shape index (κ1) is 11.7. The van der Waals surface area contributed by atoms with Gasteiger partial charge >= 0.3 is 0 Å². The highest BCUT2D eigenvalue weighted by Crippen LogP contribution is 2.30. The molecule has 102 valence electrons. The normalized spacial score (nSPS) is 18.9. The van der Waals surface area contributed by atoms with E-state index in [-0.39, 0.29) is 6.10 Å². The van der Waals surface area contributed by atoms with Crippen LogP contribution in [0.1, 0.15) is 12.8 Å². The predicted octanol–water partition coefficient (Wildman–Crippen LogP) is 2.97. The average molecular weight is 269 g/mol. The lowest BCUT2D eigenvalue weighted by Crippen LogP contribution is -2.19. The first-order chi connectivity index (χ1) is 9.92. The number of nitrogens with one attached hydrogen (secondary N) is 1. The average Bonchev–Trinajstić information content (AvgIpc) is 3.12. The van der Waals surface area contributed by atoms with Crippen LogP contribution < -0.4 is 5.32 Å². The first-order valence-electron chi connectivity index (χ1n) is 6.89. The molecule has 0 radical (unpaired) electrons. The van der Waals surface area contributed by atoms with Gasteiger partial charge in [-0.15, -0.1) is 0 Å². The summed E-state index contributed by atoms with van der Waals surface area (Å²) in [6.45, 7) is 1.61. The lowest BCUT2D eigenvalue weighted by atomic mass is 10.2. The topological polar surface area (TPSA) is 60.2 Å². The van der Waals surface area contributed by atoms with Crippen molar-refractivity contribution in [1.29, 1.82) is 0 Å². The second-order valence-electron chi connectivity index (χ2n) is 5.01. The number of rotatable bonds is 3. The molecule has 1 aromatic carbocycles. The molecule has 0 unspecified atom stereocenters. The maximum Gasteiger partial charge on any atom is 0.196 e. The molecule has 1 N–H and O–H groups in total. The van der Waals surface area contributed by atoms with Crippen LogP contribution in [-0.4, -0.2) is 29.2 Å². The lowest BCUT2D eigenvalue weighted by Gasteiger charge is -2.10. The molecule has 2 aromatic heterocycles. The molecule has 20 heavy (non-hydrogen) atoms. The van der Waals surface area contributed by atoms with Gasteiger partial charge in [-0.3, -0.25) is 0 Å². The number of para-hydroxylation sites is 1. The van der Waals surface area contributed by atoms with E-state index >= 15 is 0 Å². The molecule has 3 heterocycles. The van der Waals surface area contributed by atoms with Crippen molar-refractivity contribution in [2.24, 2.45) is 0 Å². The summed E-state index contributed by atoms with van der Waals surface area (Å²) in [6.07, 6.45) is 4.07. The molecule has 1 saturated heterocycles. The van der Waals surface area contributed by atoms with Crippen LogP contribution in [0.3, 0.4) is 0 Å². The van der Waals surface area contributed by atoms with Crippen molar-refractivity contribution in [1.82, 2.24) is 9.97 Å². The summed E-state index contributed by atoms with van der Waals surface area (Å²) in [5.74, 6) is 0.738. The third-order valence-electron chi connectivity index (χ3n) is 3.68. The van der Waals surface area contributed by atoms with E-state index in [9.17, 15) is 0 Å². The molecule has 1 fully saturated rings. The minimum absolute atomic E-state index is 0.268.